The van der Waals surface area contributed by atoms with Crippen molar-refractivity contribution < 1.29 is 27.9 Å². The summed E-state index contributed by atoms with van der Waals surface area (Å²) in [4.78, 5) is 0. The summed E-state index contributed by atoms with van der Waals surface area (Å²) in [6, 6.07) is 0. The van der Waals surface area contributed by atoms with Crippen LogP contribution < -0.4 is 0 Å². The maximum absolute atomic E-state index is 5.71. The summed E-state index contributed by atoms with van der Waals surface area (Å²) in [5, 5.41) is 0. The first-order valence-corrected chi connectivity index (χ1v) is 6.67. The molecule has 6 nitrogen and oxygen atoms in total. The standard InChI is InChI=1S/C10H18B2O6/c1-2-10(18-12-15-7-8-16-12)4-3-9(1)17-11-13-5-6-14-11/h9-10H,1-8H2. The van der Waals surface area contributed by atoms with Crippen LogP contribution in [0.4, 0.5) is 0 Å². The van der Waals surface area contributed by atoms with Crippen molar-refractivity contribution in [2.75, 3.05) is 26.4 Å². The zero-order valence-electron chi connectivity index (χ0n) is 10.4. The molecular formula is C10H18B2O6. The molecule has 1 aliphatic carbocycles. The van der Waals surface area contributed by atoms with Crippen LogP contribution in [-0.2, 0) is 27.9 Å². The second-order valence-corrected chi connectivity index (χ2v) is 4.73. The molecule has 0 atom stereocenters. The summed E-state index contributed by atoms with van der Waals surface area (Å²) in [6.45, 7) is 2.50. The average molecular weight is 256 g/mol. The second kappa shape index (κ2) is 6.36. The van der Waals surface area contributed by atoms with Gasteiger partial charge >= 0.3 is 14.6 Å². The molecule has 1 saturated carbocycles. The van der Waals surface area contributed by atoms with Gasteiger partial charge in [0.1, 0.15) is 0 Å². The third kappa shape index (κ3) is 3.46. The van der Waals surface area contributed by atoms with E-state index in [1.807, 2.05) is 0 Å². The Morgan fingerprint density at radius 3 is 1.28 bits per heavy atom. The summed E-state index contributed by atoms with van der Waals surface area (Å²) in [5.41, 5.74) is 0. The topological polar surface area (TPSA) is 55.4 Å². The van der Waals surface area contributed by atoms with Crippen LogP contribution in [0.2, 0.25) is 0 Å². The zero-order chi connectivity index (χ0) is 12.2. The minimum atomic E-state index is -0.464. The van der Waals surface area contributed by atoms with Crippen molar-refractivity contribution in [2.24, 2.45) is 0 Å². The van der Waals surface area contributed by atoms with Crippen molar-refractivity contribution >= 4 is 14.6 Å². The minimum absolute atomic E-state index is 0.207. The number of rotatable bonds is 4. The molecular weight excluding hydrogens is 238 g/mol. The van der Waals surface area contributed by atoms with E-state index in [9.17, 15) is 0 Å². The fourth-order valence-electron chi connectivity index (χ4n) is 2.45. The maximum atomic E-state index is 5.71. The van der Waals surface area contributed by atoms with Crippen LogP contribution in [-0.4, -0.2) is 53.3 Å². The Bertz CT molecular complexity index is 223. The molecule has 2 heterocycles. The molecule has 0 aromatic rings. The molecule has 0 N–H and O–H groups in total. The Morgan fingerprint density at radius 1 is 0.611 bits per heavy atom. The predicted molar refractivity (Wildman–Crippen MR) is 63.5 cm³/mol. The van der Waals surface area contributed by atoms with E-state index in [-0.39, 0.29) is 12.2 Å². The lowest BCUT2D eigenvalue weighted by atomic mass is 9.93. The molecule has 3 fully saturated rings. The second-order valence-electron chi connectivity index (χ2n) is 4.73. The molecule has 3 aliphatic rings. The molecule has 2 aliphatic heterocycles. The largest absolute Gasteiger partial charge is 0.639 e. The fraction of sp³-hybridized carbons (Fsp3) is 1.00. The maximum Gasteiger partial charge on any atom is 0.639 e. The summed E-state index contributed by atoms with van der Waals surface area (Å²) in [7, 11) is -0.928. The summed E-state index contributed by atoms with van der Waals surface area (Å²) >= 11 is 0. The normalized spacial score (nSPS) is 33.3. The van der Waals surface area contributed by atoms with Crippen LogP contribution in [0.3, 0.4) is 0 Å². The van der Waals surface area contributed by atoms with Crippen molar-refractivity contribution in [2.45, 2.75) is 37.9 Å². The first kappa shape index (κ1) is 12.9. The van der Waals surface area contributed by atoms with Gasteiger partial charge in [0.05, 0.1) is 26.4 Å². The molecule has 3 rings (SSSR count). The van der Waals surface area contributed by atoms with Gasteiger partial charge in [-0.15, -0.1) is 0 Å². The van der Waals surface area contributed by atoms with E-state index in [1.54, 1.807) is 0 Å². The van der Waals surface area contributed by atoms with Crippen molar-refractivity contribution in [3.05, 3.63) is 0 Å². The molecule has 18 heavy (non-hydrogen) atoms. The van der Waals surface area contributed by atoms with Gasteiger partial charge in [0.15, 0.2) is 0 Å². The van der Waals surface area contributed by atoms with Gasteiger partial charge < -0.3 is 27.9 Å². The van der Waals surface area contributed by atoms with Crippen LogP contribution in [0.25, 0.3) is 0 Å². The van der Waals surface area contributed by atoms with Gasteiger partial charge in [-0.1, -0.05) is 0 Å². The highest BCUT2D eigenvalue weighted by atomic mass is 16.8. The SMILES string of the molecule is C1COB(OC2CCC(OB3OCCO3)CC2)O1. The molecule has 0 bridgehead atoms. The molecule has 0 unspecified atom stereocenters. The predicted octanol–water partition coefficient (Wildman–Crippen LogP) is 0.394. The fourth-order valence-corrected chi connectivity index (χ4v) is 2.45. The molecule has 0 aromatic carbocycles. The molecule has 100 valence electrons. The molecule has 0 amide bonds. The van der Waals surface area contributed by atoms with Gasteiger partial charge in [-0.05, 0) is 25.7 Å². The highest BCUT2D eigenvalue weighted by Crippen LogP contribution is 2.25. The Labute approximate surface area is 108 Å². The Hall–Kier alpha value is -0.110. The van der Waals surface area contributed by atoms with Gasteiger partial charge in [-0.25, -0.2) is 0 Å². The summed E-state index contributed by atoms with van der Waals surface area (Å²) < 4.78 is 32.5. The lowest BCUT2D eigenvalue weighted by Crippen LogP contribution is -2.35. The highest BCUT2D eigenvalue weighted by molar-refractivity contribution is 6.37. The van der Waals surface area contributed by atoms with E-state index in [0.717, 1.165) is 25.7 Å². The monoisotopic (exact) mass is 256 g/mol. The van der Waals surface area contributed by atoms with Crippen molar-refractivity contribution in [3.8, 4) is 0 Å². The van der Waals surface area contributed by atoms with Crippen molar-refractivity contribution in [1.82, 2.24) is 0 Å². The first-order valence-electron chi connectivity index (χ1n) is 6.67. The number of hydrogen-bond donors (Lipinski definition) is 0. The minimum Gasteiger partial charge on any atom is -0.384 e. The highest BCUT2D eigenvalue weighted by Gasteiger charge is 2.35. The first-order chi connectivity index (χ1) is 8.90. The van der Waals surface area contributed by atoms with E-state index < -0.39 is 14.6 Å². The van der Waals surface area contributed by atoms with E-state index in [1.165, 1.54) is 0 Å². The third-order valence-corrected chi connectivity index (χ3v) is 3.41. The van der Waals surface area contributed by atoms with Gasteiger partial charge in [0, 0.05) is 12.2 Å². The van der Waals surface area contributed by atoms with Crippen molar-refractivity contribution in [1.29, 1.82) is 0 Å². The molecule has 0 spiro atoms. The average Bonchev–Trinajstić information content (AvgIpc) is 3.05. The molecule has 0 radical (unpaired) electrons. The smallest absolute Gasteiger partial charge is 0.384 e. The summed E-state index contributed by atoms with van der Waals surface area (Å²) in [6.07, 6.45) is 4.25. The van der Waals surface area contributed by atoms with E-state index in [4.69, 9.17) is 27.9 Å². The van der Waals surface area contributed by atoms with Crippen LogP contribution in [0.15, 0.2) is 0 Å². The molecule has 8 heteroatoms. The van der Waals surface area contributed by atoms with Gasteiger partial charge in [0.25, 0.3) is 0 Å². The Morgan fingerprint density at radius 2 is 0.944 bits per heavy atom. The quantitative estimate of drug-likeness (QED) is 0.678. The van der Waals surface area contributed by atoms with Gasteiger partial charge in [0.2, 0.25) is 0 Å². The van der Waals surface area contributed by atoms with Gasteiger partial charge in [-0.2, -0.15) is 0 Å². The van der Waals surface area contributed by atoms with E-state index >= 15 is 0 Å². The lowest BCUT2D eigenvalue weighted by Gasteiger charge is -2.29. The Kier molecular flexibility index (Phi) is 4.56. The number of hydrogen-bond acceptors (Lipinski definition) is 6. The molecule has 0 aromatic heterocycles. The van der Waals surface area contributed by atoms with E-state index in [2.05, 4.69) is 0 Å². The van der Waals surface area contributed by atoms with Crippen LogP contribution in [0.1, 0.15) is 25.7 Å². The molecule has 2 saturated heterocycles. The third-order valence-electron chi connectivity index (χ3n) is 3.41. The van der Waals surface area contributed by atoms with Gasteiger partial charge in [-0.3, -0.25) is 0 Å². The Balaban J connectivity index is 1.35. The van der Waals surface area contributed by atoms with Crippen LogP contribution >= 0.6 is 0 Å². The van der Waals surface area contributed by atoms with Crippen molar-refractivity contribution in [3.63, 3.8) is 0 Å². The van der Waals surface area contributed by atoms with Crippen LogP contribution in [0, 0.1) is 0 Å². The van der Waals surface area contributed by atoms with Crippen LogP contribution in [0.5, 0.6) is 0 Å². The zero-order valence-corrected chi connectivity index (χ0v) is 10.4. The van der Waals surface area contributed by atoms with E-state index in [0.29, 0.717) is 26.4 Å². The lowest BCUT2D eigenvalue weighted by molar-refractivity contribution is 0.0294. The summed E-state index contributed by atoms with van der Waals surface area (Å²) in [5.74, 6) is 0.